The second kappa shape index (κ2) is 7.24. The number of benzene rings is 2. The zero-order valence-electron chi connectivity index (χ0n) is 13.4. The smallest absolute Gasteiger partial charge is 0.119 e. The van der Waals surface area contributed by atoms with Crippen LogP contribution in [0.15, 0.2) is 48.5 Å². The molecule has 0 radical (unpaired) electrons. The Bertz CT molecular complexity index is 627. The van der Waals surface area contributed by atoms with Gasteiger partial charge in [-0.3, -0.25) is 0 Å². The van der Waals surface area contributed by atoms with Crippen molar-refractivity contribution >= 4 is 17.3 Å². The highest BCUT2D eigenvalue weighted by molar-refractivity contribution is 6.30. The fourth-order valence-corrected chi connectivity index (χ4v) is 3.37. The van der Waals surface area contributed by atoms with Gasteiger partial charge in [-0.2, -0.15) is 0 Å². The fraction of sp³-hybridized carbons (Fsp3) is 0.368. The molecule has 0 aliphatic carbocycles. The Morgan fingerprint density at radius 3 is 2.43 bits per heavy atom. The molecule has 0 amide bonds. The molecule has 2 aromatic carbocycles. The molecule has 0 saturated carbocycles. The molecule has 3 rings (SSSR count). The lowest BCUT2D eigenvalue weighted by molar-refractivity contribution is 0.340. The van der Waals surface area contributed by atoms with Gasteiger partial charge in [-0.1, -0.05) is 23.7 Å². The third kappa shape index (κ3) is 3.98. The molecule has 0 aromatic heterocycles. The first-order valence-electron chi connectivity index (χ1n) is 8.14. The number of piperidine rings is 1. The van der Waals surface area contributed by atoms with Gasteiger partial charge >= 0.3 is 0 Å². The summed E-state index contributed by atoms with van der Waals surface area (Å²) in [6.07, 6.45) is 1.01. The highest BCUT2D eigenvalue weighted by Gasteiger charge is 2.26. The topological polar surface area (TPSA) is 38.5 Å². The van der Waals surface area contributed by atoms with Crippen LogP contribution in [0.25, 0.3) is 0 Å². The Hall–Kier alpha value is -1.71. The molecule has 1 saturated heterocycles. The largest absolute Gasteiger partial charge is 0.494 e. The zero-order chi connectivity index (χ0) is 16.2. The van der Waals surface area contributed by atoms with Crippen LogP contribution in [-0.4, -0.2) is 25.7 Å². The summed E-state index contributed by atoms with van der Waals surface area (Å²) < 4.78 is 5.52. The van der Waals surface area contributed by atoms with E-state index in [9.17, 15) is 0 Å². The molecule has 1 aliphatic rings. The summed E-state index contributed by atoms with van der Waals surface area (Å²) in [5.74, 6) is 1.36. The highest BCUT2D eigenvalue weighted by atomic mass is 35.5. The first-order chi connectivity index (χ1) is 11.2. The monoisotopic (exact) mass is 330 g/mol. The predicted molar refractivity (Wildman–Crippen MR) is 96.6 cm³/mol. The molecule has 1 aliphatic heterocycles. The fourth-order valence-electron chi connectivity index (χ4n) is 3.25. The van der Waals surface area contributed by atoms with E-state index in [4.69, 9.17) is 22.1 Å². The van der Waals surface area contributed by atoms with Gasteiger partial charge in [0.2, 0.25) is 0 Å². The molecule has 0 spiro atoms. The Morgan fingerprint density at radius 2 is 1.78 bits per heavy atom. The molecule has 2 N–H and O–H groups in total. The van der Waals surface area contributed by atoms with Crippen LogP contribution in [0.3, 0.4) is 0 Å². The van der Waals surface area contributed by atoms with E-state index < -0.39 is 0 Å². The molecule has 2 unspecified atom stereocenters. The van der Waals surface area contributed by atoms with Crippen LogP contribution in [0.4, 0.5) is 5.69 Å². The van der Waals surface area contributed by atoms with E-state index in [2.05, 4.69) is 29.2 Å². The average molecular weight is 331 g/mol. The zero-order valence-corrected chi connectivity index (χ0v) is 14.2. The molecule has 3 nitrogen and oxygen atoms in total. The molecule has 122 valence electrons. The average Bonchev–Trinajstić information content (AvgIpc) is 2.56. The number of anilines is 1. The quantitative estimate of drug-likeness (QED) is 0.918. The van der Waals surface area contributed by atoms with Crippen LogP contribution < -0.4 is 15.4 Å². The maximum atomic E-state index is 6.31. The van der Waals surface area contributed by atoms with Gasteiger partial charge < -0.3 is 15.4 Å². The van der Waals surface area contributed by atoms with Crippen LogP contribution in [0.5, 0.6) is 5.75 Å². The summed E-state index contributed by atoms with van der Waals surface area (Å²) in [6.45, 7) is 4.55. The van der Waals surface area contributed by atoms with E-state index in [1.54, 1.807) is 0 Å². The van der Waals surface area contributed by atoms with Gasteiger partial charge in [0.05, 0.1) is 6.61 Å². The second-order valence-electron chi connectivity index (χ2n) is 6.08. The summed E-state index contributed by atoms with van der Waals surface area (Å²) in [5, 5.41) is 0.762. The molecule has 0 bridgehead atoms. The summed E-state index contributed by atoms with van der Waals surface area (Å²) in [5.41, 5.74) is 8.81. The maximum Gasteiger partial charge on any atom is 0.119 e. The van der Waals surface area contributed by atoms with Gasteiger partial charge in [0, 0.05) is 35.8 Å². The summed E-state index contributed by atoms with van der Waals surface area (Å²) in [6, 6.07) is 16.6. The van der Waals surface area contributed by atoms with Crippen LogP contribution in [0.1, 0.15) is 24.8 Å². The lowest BCUT2D eigenvalue weighted by atomic mass is 9.88. The molecular weight excluding hydrogens is 308 g/mol. The van der Waals surface area contributed by atoms with Crippen molar-refractivity contribution in [2.24, 2.45) is 5.73 Å². The minimum absolute atomic E-state index is 0.177. The minimum atomic E-state index is 0.177. The molecular formula is C19H23ClN2O. The van der Waals surface area contributed by atoms with Crippen molar-refractivity contribution in [3.8, 4) is 5.75 Å². The van der Waals surface area contributed by atoms with Crippen LogP contribution in [0, 0.1) is 0 Å². The molecule has 1 fully saturated rings. The maximum absolute atomic E-state index is 6.31. The van der Waals surface area contributed by atoms with Crippen LogP contribution in [-0.2, 0) is 0 Å². The Balaban J connectivity index is 1.76. The molecule has 23 heavy (non-hydrogen) atoms. The molecule has 2 atom stereocenters. The van der Waals surface area contributed by atoms with Gasteiger partial charge in [-0.15, -0.1) is 0 Å². The summed E-state index contributed by atoms with van der Waals surface area (Å²) in [4.78, 5) is 2.35. The van der Waals surface area contributed by atoms with E-state index in [0.29, 0.717) is 12.5 Å². The Kier molecular flexibility index (Phi) is 5.09. The van der Waals surface area contributed by atoms with Crippen molar-refractivity contribution in [2.75, 3.05) is 24.6 Å². The second-order valence-corrected chi connectivity index (χ2v) is 6.51. The Morgan fingerprint density at radius 1 is 1.09 bits per heavy atom. The van der Waals surface area contributed by atoms with E-state index >= 15 is 0 Å². The first-order valence-corrected chi connectivity index (χ1v) is 8.52. The van der Waals surface area contributed by atoms with Gasteiger partial charge in [0.1, 0.15) is 5.75 Å². The molecule has 4 heteroatoms. The van der Waals surface area contributed by atoms with Crippen LogP contribution in [0.2, 0.25) is 5.02 Å². The van der Waals surface area contributed by atoms with E-state index in [-0.39, 0.29) is 6.04 Å². The lowest BCUT2D eigenvalue weighted by Crippen LogP contribution is -2.46. The summed E-state index contributed by atoms with van der Waals surface area (Å²) in [7, 11) is 0. The number of hydrogen-bond donors (Lipinski definition) is 1. The SMILES string of the molecule is CCOc1ccc(C2CC(N)CN(c3ccc(Cl)cc3)C2)cc1. The number of nitrogens with zero attached hydrogens (tertiary/aromatic N) is 1. The first kappa shape index (κ1) is 16.2. The van der Waals surface area contributed by atoms with Crippen molar-refractivity contribution in [3.05, 3.63) is 59.1 Å². The normalized spacial score (nSPS) is 21.3. The van der Waals surface area contributed by atoms with Gasteiger partial charge in [0.15, 0.2) is 0 Å². The van der Waals surface area contributed by atoms with Crippen LogP contribution >= 0.6 is 11.6 Å². The molecule has 1 heterocycles. The van der Waals surface area contributed by atoms with E-state index in [1.165, 1.54) is 11.3 Å². The third-order valence-electron chi connectivity index (χ3n) is 4.34. The standard InChI is InChI=1S/C19H23ClN2O/c1-2-23-19-9-3-14(4-10-19)15-11-17(21)13-22(12-15)18-7-5-16(20)6-8-18/h3-10,15,17H,2,11-13,21H2,1H3. The third-order valence-corrected chi connectivity index (χ3v) is 4.59. The number of nitrogens with two attached hydrogens (primary N) is 1. The van der Waals surface area contributed by atoms with E-state index in [0.717, 1.165) is 30.3 Å². The van der Waals surface area contributed by atoms with Gasteiger partial charge in [0.25, 0.3) is 0 Å². The van der Waals surface area contributed by atoms with Gasteiger partial charge in [-0.05, 0) is 55.3 Å². The Labute approximate surface area is 143 Å². The number of hydrogen-bond acceptors (Lipinski definition) is 3. The predicted octanol–water partition coefficient (Wildman–Crippen LogP) is 4.06. The lowest BCUT2D eigenvalue weighted by Gasteiger charge is -2.38. The number of halogens is 1. The van der Waals surface area contributed by atoms with Crippen molar-refractivity contribution in [3.63, 3.8) is 0 Å². The van der Waals surface area contributed by atoms with Gasteiger partial charge in [-0.25, -0.2) is 0 Å². The van der Waals surface area contributed by atoms with E-state index in [1.807, 2.05) is 31.2 Å². The highest BCUT2D eigenvalue weighted by Crippen LogP contribution is 2.31. The van der Waals surface area contributed by atoms with Crippen molar-refractivity contribution in [2.45, 2.75) is 25.3 Å². The number of rotatable bonds is 4. The van der Waals surface area contributed by atoms with Crippen molar-refractivity contribution in [1.82, 2.24) is 0 Å². The van der Waals surface area contributed by atoms with Crippen molar-refractivity contribution in [1.29, 1.82) is 0 Å². The minimum Gasteiger partial charge on any atom is -0.494 e. The molecule has 2 aromatic rings. The summed E-state index contributed by atoms with van der Waals surface area (Å²) >= 11 is 5.99. The number of ether oxygens (including phenoxy) is 1. The van der Waals surface area contributed by atoms with Crippen molar-refractivity contribution < 1.29 is 4.74 Å².